The number of aliphatic hydroxyl groups excluding tert-OH is 1. The minimum absolute atomic E-state index is 0.0646. The Kier molecular flexibility index (Phi) is 7.61. The van der Waals surface area contributed by atoms with Crippen LogP contribution < -0.4 is 0 Å². The molecule has 2 aromatic carbocycles. The van der Waals surface area contributed by atoms with Gasteiger partial charge in [-0.25, -0.2) is 4.39 Å². The number of β-amino-alcohol motifs (C(OH)–C–C–N with tert-alkyl or cyclic N) is 1. The number of amides is 1. The van der Waals surface area contributed by atoms with Gasteiger partial charge in [0, 0.05) is 45.8 Å². The molecule has 1 fully saturated rings. The average Bonchev–Trinajstić information content (AvgIpc) is 2.69. The Bertz CT molecular complexity index is 793. The number of hydrogen-bond acceptors (Lipinski definition) is 4. The molecule has 0 aromatic heterocycles. The summed E-state index contributed by atoms with van der Waals surface area (Å²) in [5.41, 5.74) is 1.14. The third-order valence-corrected chi connectivity index (χ3v) is 5.44. The predicted molar refractivity (Wildman–Crippen MR) is 113 cm³/mol. The molecule has 0 radical (unpaired) electrons. The molecule has 1 heterocycles. The van der Waals surface area contributed by atoms with E-state index in [2.05, 4.69) is 21.9 Å². The largest absolute Gasteiger partial charge is 0.390 e. The summed E-state index contributed by atoms with van der Waals surface area (Å²) in [6.07, 6.45) is -0.480. The van der Waals surface area contributed by atoms with Crippen molar-refractivity contribution >= 4 is 17.5 Å². The molecule has 7 heteroatoms. The molecule has 156 valence electrons. The number of hydrogen-bond donors (Lipinski definition) is 1. The zero-order chi connectivity index (χ0) is 20.8. The topological polar surface area (TPSA) is 47.0 Å². The molecule has 1 unspecified atom stereocenters. The normalized spacial score (nSPS) is 16.2. The Morgan fingerprint density at radius 1 is 1.14 bits per heavy atom. The van der Waals surface area contributed by atoms with E-state index in [0.29, 0.717) is 39.3 Å². The van der Waals surface area contributed by atoms with Gasteiger partial charge in [0.1, 0.15) is 5.82 Å². The molecule has 0 saturated carbocycles. The fraction of sp³-hybridized carbons (Fsp3) is 0.409. The molecule has 1 aliphatic rings. The van der Waals surface area contributed by atoms with Crippen molar-refractivity contribution in [3.8, 4) is 0 Å². The number of carbonyl (C=O) groups is 1. The second-order valence-corrected chi connectivity index (χ2v) is 7.93. The third-order valence-electron chi connectivity index (χ3n) is 5.12. The number of rotatable bonds is 7. The molecule has 2 aromatic rings. The molecule has 3 rings (SSSR count). The Morgan fingerprint density at radius 3 is 2.48 bits per heavy atom. The van der Waals surface area contributed by atoms with Gasteiger partial charge in [0.15, 0.2) is 0 Å². The molecule has 0 spiro atoms. The van der Waals surface area contributed by atoms with Crippen LogP contribution in [-0.2, 0) is 6.54 Å². The van der Waals surface area contributed by atoms with E-state index in [1.54, 1.807) is 4.90 Å². The third kappa shape index (κ3) is 6.00. The van der Waals surface area contributed by atoms with Crippen molar-refractivity contribution in [2.45, 2.75) is 12.6 Å². The lowest BCUT2D eigenvalue weighted by Crippen LogP contribution is -2.51. The molecular formula is C22H27ClFN3O2. The van der Waals surface area contributed by atoms with Crippen LogP contribution in [0.15, 0.2) is 48.5 Å². The predicted octanol–water partition coefficient (Wildman–Crippen LogP) is 2.73. The van der Waals surface area contributed by atoms with Gasteiger partial charge in [0.05, 0.1) is 16.7 Å². The lowest BCUT2D eigenvalue weighted by atomic mass is 10.1. The second kappa shape index (κ2) is 10.2. The van der Waals surface area contributed by atoms with E-state index in [0.717, 1.165) is 6.54 Å². The Morgan fingerprint density at radius 2 is 1.83 bits per heavy atom. The van der Waals surface area contributed by atoms with E-state index < -0.39 is 11.9 Å². The smallest absolute Gasteiger partial charge is 0.258 e. The van der Waals surface area contributed by atoms with Crippen LogP contribution in [0.3, 0.4) is 0 Å². The van der Waals surface area contributed by atoms with E-state index in [9.17, 15) is 14.3 Å². The summed E-state index contributed by atoms with van der Waals surface area (Å²) in [6.45, 7) is 4.13. The van der Waals surface area contributed by atoms with Crippen LogP contribution in [0.1, 0.15) is 15.9 Å². The highest BCUT2D eigenvalue weighted by molar-refractivity contribution is 6.33. The number of nitrogens with zero attached hydrogens (tertiary/aromatic N) is 3. The highest BCUT2D eigenvalue weighted by Gasteiger charge is 2.26. The molecular weight excluding hydrogens is 393 g/mol. The second-order valence-electron chi connectivity index (χ2n) is 7.53. The summed E-state index contributed by atoms with van der Waals surface area (Å²) in [7, 11) is 1.99. The Labute approximate surface area is 176 Å². The van der Waals surface area contributed by atoms with Crippen molar-refractivity contribution in [1.82, 2.24) is 14.7 Å². The first-order valence-electron chi connectivity index (χ1n) is 9.80. The fourth-order valence-corrected chi connectivity index (χ4v) is 3.91. The van der Waals surface area contributed by atoms with Crippen molar-refractivity contribution in [2.24, 2.45) is 0 Å². The molecule has 1 saturated heterocycles. The summed E-state index contributed by atoms with van der Waals surface area (Å²) in [5.74, 6) is -0.974. The highest BCUT2D eigenvalue weighted by atomic mass is 35.5. The van der Waals surface area contributed by atoms with Gasteiger partial charge in [-0.05, 0) is 24.7 Å². The SMILES string of the molecule is CN(Cc1ccccc1)CC(O)CN1CCN(C(=O)c2c(F)cccc2Cl)CC1. The maximum absolute atomic E-state index is 14.0. The van der Waals surface area contributed by atoms with Crippen molar-refractivity contribution in [2.75, 3.05) is 46.3 Å². The van der Waals surface area contributed by atoms with Crippen molar-refractivity contribution in [1.29, 1.82) is 0 Å². The number of benzene rings is 2. The van der Waals surface area contributed by atoms with Crippen LogP contribution in [0.2, 0.25) is 5.02 Å². The minimum atomic E-state index is -0.596. The lowest BCUT2D eigenvalue weighted by Gasteiger charge is -2.36. The molecule has 1 atom stereocenters. The molecule has 0 bridgehead atoms. The van der Waals surface area contributed by atoms with Gasteiger partial charge in [-0.1, -0.05) is 48.0 Å². The number of piperazine rings is 1. The van der Waals surface area contributed by atoms with E-state index in [1.807, 2.05) is 25.2 Å². The van der Waals surface area contributed by atoms with Crippen molar-refractivity contribution in [3.63, 3.8) is 0 Å². The standard InChI is InChI=1S/C22H27ClFN3O2/c1-25(14-17-6-3-2-4-7-17)15-18(28)16-26-10-12-27(13-11-26)22(29)21-19(23)8-5-9-20(21)24/h2-9,18,28H,10-16H2,1H3. The van der Waals surface area contributed by atoms with Crippen LogP contribution in [0.5, 0.6) is 0 Å². The monoisotopic (exact) mass is 419 g/mol. The summed E-state index contributed by atoms with van der Waals surface area (Å²) in [4.78, 5) is 18.5. The quantitative estimate of drug-likeness (QED) is 0.749. The summed E-state index contributed by atoms with van der Waals surface area (Å²) in [5, 5.41) is 10.6. The van der Waals surface area contributed by atoms with Crippen LogP contribution in [-0.4, -0.2) is 78.1 Å². The molecule has 1 amide bonds. The van der Waals surface area contributed by atoms with Crippen LogP contribution in [0.25, 0.3) is 0 Å². The average molecular weight is 420 g/mol. The number of carbonyl (C=O) groups excluding carboxylic acids is 1. The van der Waals surface area contributed by atoms with Gasteiger partial charge in [0.2, 0.25) is 0 Å². The summed E-state index contributed by atoms with van der Waals surface area (Å²) < 4.78 is 14.0. The molecule has 0 aliphatic carbocycles. The zero-order valence-electron chi connectivity index (χ0n) is 16.6. The molecule has 1 N–H and O–H groups in total. The van der Waals surface area contributed by atoms with E-state index >= 15 is 0 Å². The lowest BCUT2D eigenvalue weighted by molar-refractivity contribution is 0.0451. The van der Waals surface area contributed by atoms with E-state index in [-0.39, 0.29) is 16.5 Å². The summed E-state index contributed by atoms with van der Waals surface area (Å²) in [6, 6.07) is 14.4. The van der Waals surface area contributed by atoms with Crippen molar-refractivity contribution < 1.29 is 14.3 Å². The van der Waals surface area contributed by atoms with Gasteiger partial charge in [-0.15, -0.1) is 0 Å². The zero-order valence-corrected chi connectivity index (χ0v) is 17.4. The van der Waals surface area contributed by atoms with Crippen LogP contribution >= 0.6 is 11.6 Å². The number of halogens is 2. The molecule has 29 heavy (non-hydrogen) atoms. The number of aliphatic hydroxyl groups is 1. The maximum Gasteiger partial charge on any atom is 0.258 e. The Balaban J connectivity index is 1.45. The van der Waals surface area contributed by atoms with Gasteiger partial charge in [0.25, 0.3) is 5.91 Å². The first-order valence-corrected chi connectivity index (χ1v) is 10.2. The van der Waals surface area contributed by atoms with Crippen LogP contribution in [0, 0.1) is 5.82 Å². The summed E-state index contributed by atoms with van der Waals surface area (Å²) >= 11 is 6.01. The van der Waals surface area contributed by atoms with E-state index in [4.69, 9.17) is 11.6 Å². The van der Waals surface area contributed by atoms with E-state index in [1.165, 1.54) is 23.8 Å². The fourth-order valence-electron chi connectivity index (χ4n) is 3.67. The van der Waals surface area contributed by atoms with Gasteiger partial charge < -0.3 is 10.0 Å². The Hall–Kier alpha value is -1.99. The van der Waals surface area contributed by atoms with Gasteiger partial charge in [-0.2, -0.15) is 0 Å². The van der Waals surface area contributed by atoms with Gasteiger partial charge >= 0.3 is 0 Å². The molecule has 1 aliphatic heterocycles. The first kappa shape index (κ1) is 21.7. The van der Waals surface area contributed by atoms with Crippen molar-refractivity contribution in [3.05, 3.63) is 70.5 Å². The van der Waals surface area contributed by atoms with Gasteiger partial charge in [-0.3, -0.25) is 14.6 Å². The van der Waals surface area contributed by atoms with Crippen LogP contribution in [0.4, 0.5) is 4.39 Å². The maximum atomic E-state index is 14.0. The number of likely N-dealkylation sites (N-methyl/N-ethyl adjacent to an activating group) is 1. The molecule has 5 nitrogen and oxygen atoms in total. The highest BCUT2D eigenvalue weighted by Crippen LogP contribution is 2.21. The minimum Gasteiger partial charge on any atom is -0.390 e. The first-order chi connectivity index (χ1) is 13.9.